The van der Waals surface area contributed by atoms with Crippen LogP contribution in [0, 0.1) is 12.8 Å². The van der Waals surface area contributed by atoms with Gasteiger partial charge in [0.25, 0.3) is 0 Å². The highest BCUT2D eigenvalue weighted by atomic mass is 16.5. The lowest BCUT2D eigenvalue weighted by Crippen LogP contribution is -2.29. The van der Waals surface area contributed by atoms with E-state index in [0.717, 1.165) is 32.5 Å². The highest BCUT2D eigenvalue weighted by molar-refractivity contribution is 5.76. The summed E-state index contributed by atoms with van der Waals surface area (Å²) in [7, 11) is 1.72. The average Bonchev–Trinajstić information content (AvgIpc) is 2.87. The number of likely N-dealkylation sites (tertiary alicyclic amines) is 1. The predicted molar refractivity (Wildman–Crippen MR) is 76.1 cm³/mol. The number of methoxy groups -OCH3 is 1. The maximum atomic E-state index is 12.2. The van der Waals surface area contributed by atoms with E-state index in [-0.39, 0.29) is 5.91 Å². The number of hydrogen-bond donors (Lipinski definition) is 0. The monoisotopic (exact) mass is 261 g/mol. The van der Waals surface area contributed by atoms with Crippen LogP contribution < -0.4 is 0 Å². The summed E-state index contributed by atoms with van der Waals surface area (Å²) in [5.41, 5.74) is 2.55. The molecule has 1 heterocycles. The second kappa shape index (κ2) is 6.71. The van der Waals surface area contributed by atoms with E-state index >= 15 is 0 Å². The number of ether oxygens (including phenoxy) is 1. The first-order chi connectivity index (χ1) is 9.20. The Bertz CT molecular complexity index is 431. The normalized spacial score (nSPS) is 18.8. The zero-order valence-corrected chi connectivity index (χ0v) is 11.9. The highest BCUT2D eigenvalue weighted by Crippen LogP contribution is 2.18. The lowest BCUT2D eigenvalue weighted by Gasteiger charge is -2.16. The van der Waals surface area contributed by atoms with Crippen LogP contribution in [-0.4, -0.2) is 37.6 Å². The molecule has 1 amide bonds. The molecule has 0 unspecified atom stereocenters. The summed E-state index contributed by atoms with van der Waals surface area (Å²) < 4.78 is 5.16. The van der Waals surface area contributed by atoms with Crippen LogP contribution in [-0.2, 0) is 16.0 Å². The van der Waals surface area contributed by atoms with Crippen molar-refractivity contribution in [3.05, 3.63) is 35.4 Å². The zero-order valence-electron chi connectivity index (χ0n) is 11.9. The van der Waals surface area contributed by atoms with Crippen LogP contribution in [0.15, 0.2) is 24.3 Å². The van der Waals surface area contributed by atoms with Gasteiger partial charge in [0.15, 0.2) is 0 Å². The molecule has 0 bridgehead atoms. The van der Waals surface area contributed by atoms with Gasteiger partial charge in [-0.2, -0.15) is 0 Å². The minimum Gasteiger partial charge on any atom is -0.384 e. The van der Waals surface area contributed by atoms with Crippen molar-refractivity contribution in [1.82, 2.24) is 4.90 Å². The molecule has 3 nitrogen and oxygen atoms in total. The van der Waals surface area contributed by atoms with Gasteiger partial charge in [-0.3, -0.25) is 4.79 Å². The molecule has 1 aliphatic heterocycles. The largest absolute Gasteiger partial charge is 0.384 e. The molecule has 1 saturated heterocycles. The number of rotatable bonds is 5. The molecule has 1 aromatic rings. The van der Waals surface area contributed by atoms with Gasteiger partial charge in [-0.15, -0.1) is 0 Å². The van der Waals surface area contributed by atoms with Crippen LogP contribution in [0.1, 0.15) is 24.0 Å². The second-order valence-electron chi connectivity index (χ2n) is 5.38. The van der Waals surface area contributed by atoms with E-state index in [1.807, 2.05) is 17.0 Å². The quantitative estimate of drug-likeness (QED) is 0.814. The first-order valence-corrected chi connectivity index (χ1v) is 7.02. The van der Waals surface area contributed by atoms with E-state index in [0.29, 0.717) is 12.3 Å². The summed E-state index contributed by atoms with van der Waals surface area (Å²) in [5.74, 6) is 0.800. The third kappa shape index (κ3) is 3.80. The van der Waals surface area contributed by atoms with E-state index in [1.54, 1.807) is 7.11 Å². The molecule has 0 spiro atoms. The van der Waals surface area contributed by atoms with Crippen LogP contribution in [0.3, 0.4) is 0 Å². The molecule has 104 valence electrons. The lowest BCUT2D eigenvalue weighted by molar-refractivity contribution is -0.130. The number of aryl methyl sites for hydroxylation is 2. The maximum absolute atomic E-state index is 12.2. The Labute approximate surface area is 115 Å². The van der Waals surface area contributed by atoms with Crippen LogP contribution in [0.5, 0.6) is 0 Å². The minimum atomic E-state index is 0.279. The van der Waals surface area contributed by atoms with E-state index in [1.165, 1.54) is 11.1 Å². The Balaban J connectivity index is 1.81. The minimum absolute atomic E-state index is 0.279. The van der Waals surface area contributed by atoms with Gasteiger partial charge >= 0.3 is 0 Å². The molecule has 0 radical (unpaired) electrons. The van der Waals surface area contributed by atoms with E-state index in [9.17, 15) is 4.79 Å². The van der Waals surface area contributed by atoms with Crippen LogP contribution in [0.25, 0.3) is 0 Å². The van der Waals surface area contributed by atoms with E-state index < -0.39 is 0 Å². The van der Waals surface area contributed by atoms with Crippen molar-refractivity contribution in [2.24, 2.45) is 5.92 Å². The molecule has 1 fully saturated rings. The van der Waals surface area contributed by atoms with Gasteiger partial charge in [0.1, 0.15) is 0 Å². The van der Waals surface area contributed by atoms with Gasteiger partial charge in [0.05, 0.1) is 6.61 Å². The van der Waals surface area contributed by atoms with Crippen molar-refractivity contribution in [3.63, 3.8) is 0 Å². The maximum Gasteiger partial charge on any atom is 0.222 e. The van der Waals surface area contributed by atoms with Gasteiger partial charge in [-0.25, -0.2) is 0 Å². The molecule has 0 aliphatic carbocycles. The van der Waals surface area contributed by atoms with Crippen molar-refractivity contribution in [2.75, 3.05) is 26.8 Å². The van der Waals surface area contributed by atoms with E-state index in [2.05, 4.69) is 19.1 Å². The molecular weight excluding hydrogens is 238 g/mol. The zero-order chi connectivity index (χ0) is 13.7. The SMILES string of the molecule is COC[C@@H]1CCN(C(=O)CCc2ccccc2C)C1. The summed E-state index contributed by atoms with van der Waals surface area (Å²) in [6.07, 6.45) is 2.53. The van der Waals surface area contributed by atoms with Gasteiger partial charge < -0.3 is 9.64 Å². The predicted octanol–water partition coefficient (Wildman–Crippen LogP) is 2.42. The molecule has 1 aliphatic rings. The lowest BCUT2D eigenvalue weighted by atomic mass is 10.0. The molecule has 0 N–H and O–H groups in total. The Morgan fingerprint density at radius 1 is 1.42 bits per heavy atom. The number of carbonyl (C=O) groups is 1. The summed E-state index contributed by atoms with van der Waals surface area (Å²) in [5, 5.41) is 0. The first-order valence-electron chi connectivity index (χ1n) is 7.02. The summed E-state index contributed by atoms with van der Waals surface area (Å²) in [4.78, 5) is 14.2. The van der Waals surface area contributed by atoms with Gasteiger partial charge in [-0.1, -0.05) is 24.3 Å². The summed E-state index contributed by atoms with van der Waals surface area (Å²) >= 11 is 0. The molecule has 1 atom stereocenters. The molecule has 0 saturated carbocycles. The van der Waals surface area contributed by atoms with Gasteiger partial charge in [0.2, 0.25) is 5.91 Å². The van der Waals surface area contributed by atoms with Gasteiger partial charge in [-0.05, 0) is 30.9 Å². The average molecular weight is 261 g/mol. The number of amides is 1. The van der Waals surface area contributed by atoms with Crippen LogP contribution in [0.4, 0.5) is 0 Å². The smallest absolute Gasteiger partial charge is 0.222 e. The topological polar surface area (TPSA) is 29.5 Å². The third-order valence-corrected chi connectivity index (χ3v) is 3.91. The molecule has 0 aromatic heterocycles. The molecular formula is C16H23NO2. The number of carbonyl (C=O) groups excluding carboxylic acids is 1. The van der Waals surface area contributed by atoms with Crippen molar-refractivity contribution >= 4 is 5.91 Å². The van der Waals surface area contributed by atoms with E-state index in [4.69, 9.17) is 4.74 Å². The Kier molecular flexibility index (Phi) is 4.97. The van der Waals surface area contributed by atoms with Crippen LogP contribution >= 0.6 is 0 Å². The first kappa shape index (κ1) is 14.1. The molecule has 19 heavy (non-hydrogen) atoms. The number of nitrogens with zero attached hydrogens (tertiary/aromatic N) is 1. The van der Waals surface area contributed by atoms with Crippen molar-refractivity contribution in [1.29, 1.82) is 0 Å². The standard InChI is InChI=1S/C16H23NO2/c1-13-5-3-4-6-15(13)7-8-16(18)17-10-9-14(11-17)12-19-2/h3-6,14H,7-12H2,1-2H3/t14-/m1/s1. The number of hydrogen-bond acceptors (Lipinski definition) is 2. The molecule has 1 aromatic carbocycles. The summed E-state index contributed by atoms with van der Waals surface area (Å²) in [6.45, 7) is 4.62. The highest BCUT2D eigenvalue weighted by Gasteiger charge is 2.25. The Hall–Kier alpha value is -1.35. The Morgan fingerprint density at radius 2 is 2.21 bits per heavy atom. The van der Waals surface area contributed by atoms with Crippen LogP contribution in [0.2, 0.25) is 0 Å². The van der Waals surface area contributed by atoms with Crippen molar-refractivity contribution in [2.45, 2.75) is 26.2 Å². The molecule has 2 rings (SSSR count). The van der Waals surface area contributed by atoms with Crippen molar-refractivity contribution in [3.8, 4) is 0 Å². The second-order valence-corrected chi connectivity index (χ2v) is 5.38. The fourth-order valence-corrected chi connectivity index (χ4v) is 2.72. The molecule has 3 heteroatoms. The Morgan fingerprint density at radius 3 is 2.95 bits per heavy atom. The third-order valence-electron chi connectivity index (χ3n) is 3.91. The van der Waals surface area contributed by atoms with Crippen molar-refractivity contribution < 1.29 is 9.53 Å². The fraction of sp³-hybridized carbons (Fsp3) is 0.562. The fourth-order valence-electron chi connectivity index (χ4n) is 2.72. The number of benzene rings is 1. The summed E-state index contributed by atoms with van der Waals surface area (Å²) in [6, 6.07) is 8.29. The van der Waals surface area contributed by atoms with Gasteiger partial charge in [0, 0.05) is 32.5 Å².